The number of carboxylic acid groups (broad SMARTS) is 1. The Hall–Kier alpha value is -1.22. The van der Waals surface area contributed by atoms with Crippen molar-refractivity contribution in [1.29, 1.82) is 0 Å². The maximum Gasteiger partial charge on any atom is 0.337 e. The van der Waals surface area contributed by atoms with Crippen molar-refractivity contribution in [2.24, 2.45) is 0 Å². The van der Waals surface area contributed by atoms with Gasteiger partial charge in [0, 0.05) is 0 Å². The first-order chi connectivity index (χ1) is 5.11. The van der Waals surface area contributed by atoms with E-state index in [4.69, 9.17) is 21.8 Å². The van der Waals surface area contributed by atoms with Gasteiger partial charge in [-0.1, -0.05) is 11.6 Å². The van der Waals surface area contributed by atoms with E-state index in [-0.39, 0.29) is 16.3 Å². The number of phenols is 1. The molecule has 0 bridgehead atoms. The Morgan fingerprint density at radius 2 is 2.09 bits per heavy atom. The van der Waals surface area contributed by atoms with E-state index in [1.165, 1.54) is 12.1 Å². The molecule has 0 heterocycles. The molecule has 0 saturated carbocycles. The van der Waals surface area contributed by atoms with Crippen LogP contribution in [0.5, 0.6) is 5.75 Å². The monoisotopic (exact) mass is 172 g/mol. The predicted molar refractivity (Wildman–Crippen MR) is 40.1 cm³/mol. The normalized spacial score (nSPS) is 9.55. The Morgan fingerprint density at radius 1 is 1.45 bits per heavy atom. The van der Waals surface area contributed by atoms with E-state index >= 15 is 0 Å². The molecule has 4 heteroatoms. The highest BCUT2D eigenvalue weighted by molar-refractivity contribution is 6.33. The lowest BCUT2D eigenvalue weighted by Gasteiger charge is -1.97. The van der Waals surface area contributed by atoms with Crippen LogP contribution in [0.4, 0.5) is 0 Å². The maximum absolute atomic E-state index is 10.4. The molecule has 0 spiro atoms. The van der Waals surface area contributed by atoms with Crippen LogP contribution < -0.4 is 0 Å². The molecule has 0 amide bonds. The maximum atomic E-state index is 10.4. The molecule has 0 aliphatic carbocycles. The van der Waals surface area contributed by atoms with Crippen LogP contribution in [-0.4, -0.2) is 16.2 Å². The Kier molecular flexibility index (Phi) is 2.01. The summed E-state index contributed by atoms with van der Waals surface area (Å²) in [6.07, 6.45) is 0. The average Bonchev–Trinajstić information content (AvgIpc) is 1.94. The molecule has 0 atom stereocenters. The van der Waals surface area contributed by atoms with Gasteiger partial charge in [-0.05, 0) is 18.2 Å². The highest BCUT2D eigenvalue weighted by Gasteiger charge is 2.08. The molecule has 0 aliphatic rings. The minimum atomic E-state index is -1.15. The lowest BCUT2D eigenvalue weighted by Crippen LogP contribution is -1.96. The van der Waals surface area contributed by atoms with Gasteiger partial charge in [-0.2, -0.15) is 0 Å². The SMILES string of the molecule is O=C(O)c1cc(O)ccc1Cl. The third-order valence-corrected chi connectivity index (χ3v) is 1.51. The second-order valence-corrected chi connectivity index (χ2v) is 2.38. The van der Waals surface area contributed by atoms with E-state index < -0.39 is 5.97 Å². The van der Waals surface area contributed by atoms with Gasteiger partial charge in [0.1, 0.15) is 5.75 Å². The molecule has 0 aromatic heterocycles. The highest BCUT2D eigenvalue weighted by Crippen LogP contribution is 2.20. The van der Waals surface area contributed by atoms with E-state index in [2.05, 4.69) is 0 Å². The number of carboxylic acids is 1. The molecule has 3 nitrogen and oxygen atoms in total. The van der Waals surface area contributed by atoms with Crippen molar-refractivity contribution in [3.05, 3.63) is 28.8 Å². The lowest BCUT2D eigenvalue weighted by atomic mass is 10.2. The summed E-state index contributed by atoms with van der Waals surface area (Å²) in [5.74, 6) is -1.25. The molecule has 1 aromatic carbocycles. The van der Waals surface area contributed by atoms with Crippen molar-refractivity contribution in [2.45, 2.75) is 0 Å². The van der Waals surface area contributed by atoms with Crippen molar-refractivity contribution in [2.75, 3.05) is 0 Å². The number of carbonyl (C=O) groups is 1. The van der Waals surface area contributed by atoms with Gasteiger partial charge < -0.3 is 10.2 Å². The third-order valence-electron chi connectivity index (χ3n) is 1.18. The fraction of sp³-hybridized carbons (Fsp3) is 0. The Balaban J connectivity index is 3.23. The van der Waals surface area contributed by atoms with Gasteiger partial charge in [-0.15, -0.1) is 0 Å². The number of phenolic OH excluding ortho intramolecular Hbond substituents is 1. The molecule has 58 valence electrons. The fourth-order valence-electron chi connectivity index (χ4n) is 0.677. The van der Waals surface area contributed by atoms with Crippen molar-refractivity contribution in [3.63, 3.8) is 0 Å². The summed E-state index contributed by atoms with van der Waals surface area (Å²) in [6.45, 7) is 0. The van der Waals surface area contributed by atoms with Crippen LogP contribution in [0.1, 0.15) is 10.4 Å². The molecular formula is C7H5ClO3. The molecule has 11 heavy (non-hydrogen) atoms. The summed E-state index contributed by atoms with van der Waals surface area (Å²) in [5.41, 5.74) is -0.0910. The van der Waals surface area contributed by atoms with Crippen LogP contribution in [-0.2, 0) is 0 Å². The van der Waals surface area contributed by atoms with E-state index in [1.54, 1.807) is 0 Å². The van der Waals surface area contributed by atoms with E-state index in [0.29, 0.717) is 0 Å². The van der Waals surface area contributed by atoms with Crippen LogP contribution in [0.3, 0.4) is 0 Å². The van der Waals surface area contributed by atoms with Gasteiger partial charge in [0.15, 0.2) is 0 Å². The number of aromatic carboxylic acids is 1. The number of hydrogen-bond acceptors (Lipinski definition) is 2. The number of benzene rings is 1. The summed E-state index contributed by atoms with van der Waals surface area (Å²) in [7, 11) is 0. The topological polar surface area (TPSA) is 57.5 Å². The van der Waals surface area contributed by atoms with Gasteiger partial charge >= 0.3 is 5.97 Å². The predicted octanol–water partition coefficient (Wildman–Crippen LogP) is 1.74. The first-order valence-electron chi connectivity index (χ1n) is 2.83. The van der Waals surface area contributed by atoms with Gasteiger partial charge in [0.2, 0.25) is 0 Å². The van der Waals surface area contributed by atoms with Crippen molar-refractivity contribution < 1.29 is 15.0 Å². The minimum Gasteiger partial charge on any atom is -0.508 e. The zero-order valence-electron chi connectivity index (χ0n) is 5.41. The van der Waals surface area contributed by atoms with Crippen molar-refractivity contribution in [3.8, 4) is 5.75 Å². The lowest BCUT2D eigenvalue weighted by molar-refractivity contribution is 0.0696. The summed E-state index contributed by atoms with van der Waals surface area (Å²) in [4.78, 5) is 10.4. The Bertz CT molecular complexity index is 296. The number of aromatic hydroxyl groups is 1. The fourth-order valence-corrected chi connectivity index (χ4v) is 0.876. The first-order valence-corrected chi connectivity index (χ1v) is 3.21. The average molecular weight is 173 g/mol. The first kappa shape index (κ1) is 7.88. The molecule has 1 aromatic rings. The van der Waals surface area contributed by atoms with Crippen LogP contribution in [0.25, 0.3) is 0 Å². The van der Waals surface area contributed by atoms with E-state index in [1.807, 2.05) is 0 Å². The number of hydrogen-bond donors (Lipinski definition) is 2. The third kappa shape index (κ3) is 1.62. The quantitative estimate of drug-likeness (QED) is 0.679. The molecule has 0 unspecified atom stereocenters. The van der Waals surface area contributed by atoms with Crippen LogP contribution in [0.15, 0.2) is 18.2 Å². The standard InChI is InChI=1S/C7H5ClO3/c8-6-2-1-4(9)3-5(6)7(10)11/h1-3,9H,(H,10,11). The second kappa shape index (κ2) is 2.80. The highest BCUT2D eigenvalue weighted by atomic mass is 35.5. The summed E-state index contributed by atoms with van der Waals surface area (Å²) >= 11 is 5.50. The molecule has 1 rings (SSSR count). The van der Waals surface area contributed by atoms with Crippen LogP contribution in [0.2, 0.25) is 5.02 Å². The van der Waals surface area contributed by atoms with Crippen molar-refractivity contribution >= 4 is 17.6 Å². The second-order valence-electron chi connectivity index (χ2n) is 1.97. The molecule has 0 aliphatic heterocycles. The van der Waals surface area contributed by atoms with Crippen LogP contribution in [0, 0.1) is 0 Å². The van der Waals surface area contributed by atoms with E-state index in [0.717, 1.165) is 6.07 Å². The molecule has 2 N–H and O–H groups in total. The molecule has 0 radical (unpaired) electrons. The Labute approximate surface area is 67.8 Å². The molecule has 0 fully saturated rings. The van der Waals surface area contributed by atoms with Crippen LogP contribution >= 0.6 is 11.6 Å². The zero-order chi connectivity index (χ0) is 8.43. The smallest absolute Gasteiger partial charge is 0.337 e. The van der Waals surface area contributed by atoms with Gasteiger partial charge in [0.05, 0.1) is 10.6 Å². The number of halogens is 1. The largest absolute Gasteiger partial charge is 0.508 e. The van der Waals surface area contributed by atoms with E-state index in [9.17, 15) is 4.79 Å². The Morgan fingerprint density at radius 3 is 2.55 bits per heavy atom. The summed E-state index contributed by atoms with van der Waals surface area (Å²) < 4.78 is 0. The molecule has 0 saturated heterocycles. The summed E-state index contributed by atoms with van der Waals surface area (Å²) in [6, 6.07) is 3.76. The summed E-state index contributed by atoms with van der Waals surface area (Å²) in [5, 5.41) is 17.5. The van der Waals surface area contributed by atoms with Crippen molar-refractivity contribution in [1.82, 2.24) is 0 Å². The molecular weight excluding hydrogens is 168 g/mol. The zero-order valence-corrected chi connectivity index (χ0v) is 6.17. The van der Waals surface area contributed by atoms with Gasteiger partial charge in [0.25, 0.3) is 0 Å². The van der Waals surface area contributed by atoms with Gasteiger partial charge in [-0.25, -0.2) is 4.79 Å². The number of rotatable bonds is 1. The minimum absolute atomic E-state index is 0.0910. The van der Waals surface area contributed by atoms with Gasteiger partial charge in [-0.3, -0.25) is 0 Å².